The van der Waals surface area contributed by atoms with E-state index >= 15 is 0 Å². The van der Waals surface area contributed by atoms with Crippen molar-refractivity contribution in [2.45, 2.75) is 11.4 Å². The van der Waals surface area contributed by atoms with Crippen LogP contribution in [0, 0.1) is 10.1 Å². The number of carboxylic acids is 2. The Labute approximate surface area is 212 Å². The van der Waals surface area contributed by atoms with Crippen molar-refractivity contribution in [3.8, 4) is 17.2 Å². The topological polar surface area (TPSA) is 186 Å². The summed E-state index contributed by atoms with van der Waals surface area (Å²) in [7, 11) is 0.959. The van der Waals surface area contributed by atoms with E-state index in [1.807, 2.05) is 12.1 Å². The van der Waals surface area contributed by atoms with E-state index in [1.165, 1.54) is 28.6 Å². The van der Waals surface area contributed by atoms with Crippen LogP contribution >= 0.6 is 0 Å². The maximum atomic E-state index is 12.9. The molecule has 0 amide bonds. The smallest absolute Gasteiger partial charge is 0.414 e. The third kappa shape index (κ3) is 7.28. The zero-order valence-corrected chi connectivity index (χ0v) is 21.1. The third-order valence-corrected chi connectivity index (χ3v) is 7.29. The maximum Gasteiger partial charge on any atom is 0.414 e. The number of nitro groups is 1. The molecule has 1 aliphatic heterocycles. The second kappa shape index (κ2) is 12.8. The van der Waals surface area contributed by atoms with Crippen molar-refractivity contribution >= 4 is 27.6 Å². The van der Waals surface area contributed by atoms with E-state index in [0.717, 1.165) is 5.56 Å². The highest BCUT2D eigenvalue weighted by Crippen LogP contribution is 2.40. The van der Waals surface area contributed by atoms with Crippen LogP contribution in [0.25, 0.3) is 0 Å². The van der Waals surface area contributed by atoms with Crippen LogP contribution in [0.4, 0.5) is 5.69 Å². The van der Waals surface area contributed by atoms with E-state index in [1.54, 1.807) is 21.3 Å². The molecule has 0 spiro atoms. The van der Waals surface area contributed by atoms with Crippen molar-refractivity contribution in [1.29, 1.82) is 0 Å². The Morgan fingerprint density at radius 1 is 0.892 bits per heavy atom. The zero-order valence-electron chi connectivity index (χ0n) is 20.3. The number of carboxylic acid groups (broad SMARTS) is 2. The van der Waals surface area contributed by atoms with E-state index in [9.17, 15) is 18.5 Å². The normalized spacial score (nSPS) is 14.1. The minimum absolute atomic E-state index is 0.0492. The summed E-state index contributed by atoms with van der Waals surface area (Å²) < 4.78 is 43.4. The molecule has 0 aliphatic carbocycles. The molecule has 1 fully saturated rings. The van der Waals surface area contributed by atoms with Gasteiger partial charge in [-0.05, 0) is 18.2 Å². The van der Waals surface area contributed by atoms with E-state index in [4.69, 9.17) is 34.0 Å². The van der Waals surface area contributed by atoms with E-state index in [-0.39, 0.29) is 10.6 Å². The lowest BCUT2D eigenvalue weighted by molar-refractivity contribution is -0.384. The molecule has 15 heteroatoms. The molecule has 3 rings (SSSR count). The lowest BCUT2D eigenvalue weighted by Gasteiger charge is -2.34. The summed E-state index contributed by atoms with van der Waals surface area (Å²) in [5.74, 6) is -1.98. The Hall–Kier alpha value is -3.95. The van der Waals surface area contributed by atoms with Gasteiger partial charge in [-0.15, -0.1) is 0 Å². The van der Waals surface area contributed by atoms with Crippen molar-refractivity contribution in [1.82, 2.24) is 9.21 Å². The average Bonchev–Trinajstić information content (AvgIpc) is 2.88. The standard InChI is InChI=1S/C20H25N3O7S.C2H2O4/c1-28-18-9-4-15(19(29-2)20(18)30-3)14-21-10-12-22(13-11-21)31(26,27)17-7-5-16(6-8-17)23(24)25;3-1(4)2(5)6/h4-9H,10-14H2,1-3H3;(H,3,4)(H,5,6). The van der Waals surface area contributed by atoms with Crippen LogP contribution in [-0.4, -0.2) is 92.2 Å². The van der Waals surface area contributed by atoms with Crippen LogP contribution in [0.5, 0.6) is 17.2 Å². The molecular weight excluding hydrogens is 514 g/mol. The maximum absolute atomic E-state index is 12.9. The number of non-ortho nitro benzene ring substituents is 1. The third-order valence-electron chi connectivity index (χ3n) is 5.38. The monoisotopic (exact) mass is 541 g/mol. The van der Waals surface area contributed by atoms with Crippen molar-refractivity contribution in [3.63, 3.8) is 0 Å². The quantitative estimate of drug-likeness (QED) is 0.277. The molecule has 37 heavy (non-hydrogen) atoms. The molecule has 202 valence electrons. The van der Waals surface area contributed by atoms with Crippen LogP contribution in [0.15, 0.2) is 41.3 Å². The van der Waals surface area contributed by atoms with Gasteiger partial charge in [-0.3, -0.25) is 15.0 Å². The van der Waals surface area contributed by atoms with Crippen molar-refractivity contribution in [2.75, 3.05) is 47.5 Å². The number of hydrogen-bond donors (Lipinski definition) is 2. The van der Waals surface area contributed by atoms with Crippen molar-refractivity contribution in [2.24, 2.45) is 0 Å². The lowest BCUT2D eigenvalue weighted by Crippen LogP contribution is -2.48. The molecule has 0 atom stereocenters. The molecule has 1 aliphatic rings. The number of hydrogen-bond acceptors (Lipinski definition) is 10. The molecule has 0 aromatic heterocycles. The van der Waals surface area contributed by atoms with Crippen LogP contribution in [0.3, 0.4) is 0 Å². The number of methoxy groups -OCH3 is 3. The Morgan fingerprint density at radius 2 is 1.43 bits per heavy atom. The number of nitrogens with zero attached hydrogens (tertiary/aromatic N) is 3. The number of piperazine rings is 1. The largest absolute Gasteiger partial charge is 0.493 e. The predicted molar refractivity (Wildman–Crippen MR) is 129 cm³/mol. The SMILES string of the molecule is COc1ccc(CN2CCN(S(=O)(=O)c3ccc([N+](=O)[O-])cc3)CC2)c(OC)c1OC.O=C(O)C(=O)O. The molecule has 14 nitrogen and oxygen atoms in total. The number of sulfonamides is 1. The molecule has 2 aromatic rings. The second-order valence-electron chi connectivity index (χ2n) is 7.53. The molecule has 1 saturated heterocycles. The lowest BCUT2D eigenvalue weighted by atomic mass is 10.1. The summed E-state index contributed by atoms with van der Waals surface area (Å²) in [6.45, 7) is 2.26. The summed E-state index contributed by atoms with van der Waals surface area (Å²) in [6, 6.07) is 8.66. The highest BCUT2D eigenvalue weighted by molar-refractivity contribution is 7.89. The first-order chi connectivity index (χ1) is 17.5. The molecule has 0 unspecified atom stereocenters. The van der Waals surface area contributed by atoms with Gasteiger partial charge in [-0.2, -0.15) is 4.31 Å². The number of rotatable bonds is 8. The first kappa shape index (κ1) is 29.3. The number of ether oxygens (including phenoxy) is 3. The molecule has 1 heterocycles. The second-order valence-corrected chi connectivity index (χ2v) is 9.47. The first-order valence-electron chi connectivity index (χ1n) is 10.7. The predicted octanol–water partition coefficient (Wildman–Crippen LogP) is 1.28. The molecular formula is C22H27N3O11S. The van der Waals surface area contributed by atoms with Crippen LogP contribution < -0.4 is 14.2 Å². The van der Waals surface area contributed by atoms with Gasteiger partial charge in [-0.1, -0.05) is 6.07 Å². The molecule has 0 saturated carbocycles. The summed E-state index contributed by atoms with van der Waals surface area (Å²) in [6.07, 6.45) is 0. The zero-order chi connectivity index (χ0) is 27.8. The number of nitro benzene ring substituents is 1. The van der Waals surface area contributed by atoms with Gasteiger partial charge in [0.25, 0.3) is 5.69 Å². The van der Waals surface area contributed by atoms with Crippen molar-refractivity contribution < 1.29 is 47.4 Å². The van der Waals surface area contributed by atoms with Gasteiger partial charge in [0.2, 0.25) is 15.8 Å². The Balaban J connectivity index is 0.000000717. The van der Waals surface area contributed by atoms with Gasteiger partial charge in [0.05, 0.1) is 31.1 Å². The average molecular weight is 542 g/mol. The first-order valence-corrected chi connectivity index (χ1v) is 12.1. The summed E-state index contributed by atoms with van der Waals surface area (Å²) >= 11 is 0. The van der Waals surface area contributed by atoms with E-state index < -0.39 is 26.9 Å². The minimum Gasteiger partial charge on any atom is -0.493 e. The van der Waals surface area contributed by atoms with Gasteiger partial charge in [-0.25, -0.2) is 18.0 Å². The summed E-state index contributed by atoms with van der Waals surface area (Å²) in [5, 5.41) is 25.6. The number of aliphatic carboxylic acids is 2. The highest BCUT2D eigenvalue weighted by atomic mass is 32.2. The highest BCUT2D eigenvalue weighted by Gasteiger charge is 2.29. The van der Waals surface area contributed by atoms with Crippen LogP contribution in [-0.2, 0) is 26.2 Å². The Kier molecular flexibility index (Phi) is 10.2. The van der Waals surface area contributed by atoms with Crippen LogP contribution in [0.1, 0.15) is 5.56 Å². The fourth-order valence-electron chi connectivity index (χ4n) is 3.55. The number of carbonyl (C=O) groups is 2. The molecule has 0 bridgehead atoms. The van der Waals surface area contributed by atoms with Gasteiger partial charge >= 0.3 is 11.9 Å². The van der Waals surface area contributed by atoms with Gasteiger partial charge in [0.1, 0.15) is 0 Å². The Bertz CT molecular complexity index is 1210. The molecule has 2 N–H and O–H groups in total. The number of benzene rings is 2. The fourth-order valence-corrected chi connectivity index (χ4v) is 4.97. The van der Waals surface area contributed by atoms with Crippen LogP contribution in [0.2, 0.25) is 0 Å². The fraction of sp³-hybridized carbons (Fsp3) is 0.364. The van der Waals surface area contributed by atoms with Gasteiger partial charge in [0.15, 0.2) is 11.5 Å². The van der Waals surface area contributed by atoms with E-state index in [0.29, 0.717) is 50.0 Å². The van der Waals surface area contributed by atoms with E-state index in [2.05, 4.69) is 4.90 Å². The summed E-state index contributed by atoms with van der Waals surface area (Å²) in [5.41, 5.74) is 0.763. The van der Waals surface area contributed by atoms with Gasteiger partial charge < -0.3 is 24.4 Å². The summed E-state index contributed by atoms with van der Waals surface area (Å²) in [4.78, 5) is 30.6. The Morgan fingerprint density at radius 3 is 1.86 bits per heavy atom. The van der Waals surface area contributed by atoms with Crippen molar-refractivity contribution in [3.05, 3.63) is 52.1 Å². The van der Waals surface area contributed by atoms with Gasteiger partial charge in [0, 0.05) is 50.4 Å². The molecule has 2 aromatic carbocycles. The molecule has 0 radical (unpaired) electrons. The minimum atomic E-state index is -3.71.